The van der Waals surface area contributed by atoms with Crippen LogP contribution in [0.25, 0.3) is 0 Å². The van der Waals surface area contributed by atoms with Gasteiger partial charge in [-0.2, -0.15) is 0 Å². The molecule has 2 heterocycles. The Morgan fingerprint density at radius 1 is 1.57 bits per heavy atom. The van der Waals surface area contributed by atoms with E-state index in [9.17, 15) is 0 Å². The Balaban J connectivity index is 1.78. The van der Waals surface area contributed by atoms with Crippen molar-refractivity contribution in [2.24, 2.45) is 5.92 Å². The number of likely N-dealkylation sites (tertiary alicyclic amines) is 1. The highest BCUT2D eigenvalue weighted by atomic mass is 15.1. The summed E-state index contributed by atoms with van der Waals surface area (Å²) in [6.45, 7) is 3.41. The van der Waals surface area contributed by atoms with E-state index in [0.717, 1.165) is 18.3 Å². The molecule has 1 aliphatic rings. The Labute approximate surface area is 84.4 Å². The summed E-state index contributed by atoms with van der Waals surface area (Å²) < 4.78 is 0. The van der Waals surface area contributed by atoms with Gasteiger partial charge in [0.2, 0.25) is 0 Å². The molecular weight excluding hydrogens is 176 g/mol. The molecule has 0 aromatic carbocycles. The van der Waals surface area contributed by atoms with Crippen LogP contribution in [0, 0.1) is 5.92 Å². The minimum absolute atomic E-state index is 0.752. The zero-order chi connectivity index (χ0) is 9.80. The van der Waals surface area contributed by atoms with Crippen LogP contribution in [0.4, 0.5) is 5.82 Å². The van der Waals surface area contributed by atoms with Gasteiger partial charge in [-0.05, 0) is 25.9 Å². The third-order valence-electron chi connectivity index (χ3n) is 2.62. The highest BCUT2D eigenvalue weighted by molar-refractivity contribution is 5.29. The lowest BCUT2D eigenvalue weighted by Gasteiger charge is -2.11. The molecule has 4 nitrogen and oxygen atoms in total. The average Bonchev–Trinajstić information content (AvgIpc) is 2.63. The van der Waals surface area contributed by atoms with Gasteiger partial charge in [-0.3, -0.25) is 4.98 Å². The first-order chi connectivity index (χ1) is 6.84. The fourth-order valence-electron chi connectivity index (χ4n) is 1.83. The maximum Gasteiger partial charge on any atom is 0.144 e. The molecule has 76 valence electrons. The van der Waals surface area contributed by atoms with Crippen LogP contribution < -0.4 is 5.32 Å². The Morgan fingerprint density at radius 2 is 2.50 bits per heavy atom. The second kappa shape index (κ2) is 4.37. The highest BCUT2D eigenvalue weighted by Crippen LogP contribution is 2.14. The topological polar surface area (TPSA) is 41.0 Å². The largest absolute Gasteiger partial charge is 0.368 e. The van der Waals surface area contributed by atoms with Crippen molar-refractivity contribution < 1.29 is 0 Å². The summed E-state index contributed by atoms with van der Waals surface area (Å²) >= 11 is 0. The summed E-state index contributed by atoms with van der Waals surface area (Å²) in [6, 6.07) is 0. The molecule has 2 rings (SSSR count). The molecule has 0 amide bonds. The number of nitrogens with zero attached hydrogens (tertiary/aromatic N) is 3. The van der Waals surface area contributed by atoms with Crippen LogP contribution in [-0.2, 0) is 0 Å². The number of anilines is 1. The smallest absolute Gasteiger partial charge is 0.144 e. The molecule has 0 radical (unpaired) electrons. The van der Waals surface area contributed by atoms with Crippen molar-refractivity contribution in [1.82, 2.24) is 14.9 Å². The van der Waals surface area contributed by atoms with Gasteiger partial charge in [0.15, 0.2) is 0 Å². The number of hydrogen-bond donors (Lipinski definition) is 1. The van der Waals surface area contributed by atoms with Crippen LogP contribution in [0.2, 0.25) is 0 Å². The minimum Gasteiger partial charge on any atom is -0.368 e. The van der Waals surface area contributed by atoms with Crippen LogP contribution >= 0.6 is 0 Å². The van der Waals surface area contributed by atoms with Crippen molar-refractivity contribution in [3.8, 4) is 0 Å². The Bertz CT molecular complexity index is 275. The number of hydrogen-bond acceptors (Lipinski definition) is 4. The first-order valence-corrected chi connectivity index (χ1v) is 5.03. The number of rotatable bonds is 3. The minimum atomic E-state index is 0.752. The lowest BCUT2D eigenvalue weighted by Crippen LogP contribution is -2.19. The predicted octanol–water partition coefficient (Wildman–Crippen LogP) is 0.840. The third-order valence-corrected chi connectivity index (χ3v) is 2.62. The molecule has 1 N–H and O–H groups in total. The Morgan fingerprint density at radius 3 is 3.14 bits per heavy atom. The van der Waals surface area contributed by atoms with Crippen molar-refractivity contribution in [2.45, 2.75) is 6.42 Å². The number of aromatic nitrogens is 2. The Kier molecular flexibility index (Phi) is 2.93. The van der Waals surface area contributed by atoms with Gasteiger partial charge in [0.25, 0.3) is 0 Å². The molecule has 1 saturated heterocycles. The van der Waals surface area contributed by atoms with Gasteiger partial charge in [0.1, 0.15) is 5.82 Å². The molecule has 1 aromatic heterocycles. The SMILES string of the molecule is CN1CCC(CNc2cnccn2)C1. The standard InChI is InChI=1S/C10H16N4/c1-14-5-2-9(8-14)6-13-10-7-11-3-4-12-10/h3-4,7,9H,2,5-6,8H2,1H3,(H,12,13). The van der Waals surface area contributed by atoms with Crippen molar-refractivity contribution >= 4 is 5.82 Å². The maximum absolute atomic E-state index is 4.17. The summed E-state index contributed by atoms with van der Waals surface area (Å²) in [5, 5.41) is 3.31. The van der Waals surface area contributed by atoms with Crippen LogP contribution in [0.15, 0.2) is 18.6 Å². The van der Waals surface area contributed by atoms with Gasteiger partial charge in [-0.1, -0.05) is 0 Å². The van der Waals surface area contributed by atoms with Crippen LogP contribution in [0.1, 0.15) is 6.42 Å². The van der Waals surface area contributed by atoms with E-state index in [1.807, 2.05) is 0 Å². The lowest BCUT2D eigenvalue weighted by atomic mass is 10.1. The first-order valence-electron chi connectivity index (χ1n) is 5.03. The van der Waals surface area contributed by atoms with E-state index in [-0.39, 0.29) is 0 Å². The van der Waals surface area contributed by atoms with Gasteiger partial charge in [-0.25, -0.2) is 4.98 Å². The monoisotopic (exact) mass is 192 g/mol. The number of nitrogens with one attached hydrogen (secondary N) is 1. The van der Waals surface area contributed by atoms with Gasteiger partial charge in [0.05, 0.1) is 6.20 Å². The molecule has 0 bridgehead atoms. The molecule has 4 heteroatoms. The van der Waals surface area contributed by atoms with Crippen molar-refractivity contribution in [1.29, 1.82) is 0 Å². The molecule has 1 aliphatic heterocycles. The fourth-order valence-corrected chi connectivity index (χ4v) is 1.83. The molecule has 1 aromatic rings. The maximum atomic E-state index is 4.17. The predicted molar refractivity (Wildman–Crippen MR) is 56.1 cm³/mol. The second-order valence-corrected chi connectivity index (χ2v) is 3.89. The lowest BCUT2D eigenvalue weighted by molar-refractivity contribution is 0.399. The molecule has 0 saturated carbocycles. The Hall–Kier alpha value is -1.16. The van der Waals surface area contributed by atoms with Crippen molar-refractivity contribution in [3.05, 3.63) is 18.6 Å². The average molecular weight is 192 g/mol. The summed E-state index contributed by atoms with van der Waals surface area (Å²) in [6.07, 6.45) is 6.44. The second-order valence-electron chi connectivity index (χ2n) is 3.89. The summed E-state index contributed by atoms with van der Waals surface area (Å²) in [5.41, 5.74) is 0. The molecule has 0 spiro atoms. The first kappa shape index (κ1) is 9.40. The highest BCUT2D eigenvalue weighted by Gasteiger charge is 2.18. The molecule has 14 heavy (non-hydrogen) atoms. The van der Waals surface area contributed by atoms with Crippen molar-refractivity contribution in [2.75, 3.05) is 32.0 Å². The van der Waals surface area contributed by atoms with Crippen molar-refractivity contribution in [3.63, 3.8) is 0 Å². The summed E-state index contributed by atoms with van der Waals surface area (Å²) in [7, 11) is 2.17. The van der Waals surface area contributed by atoms with E-state index in [1.54, 1.807) is 18.6 Å². The van der Waals surface area contributed by atoms with E-state index in [4.69, 9.17) is 0 Å². The van der Waals surface area contributed by atoms with E-state index in [0.29, 0.717) is 0 Å². The quantitative estimate of drug-likeness (QED) is 0.770. The van der Waals surface area contributed by atoms with Crippen LogP contribution in [0.5, 0.6) is 0 Å². The normalized spacial score (nSPS) is 22.5. The van der Waals surface area contributed by atoms with Crippen LogP contribution in [-0.4, -0.2) is 41.5 Å². The van der Waals surface area contributed by atoms with E-state index >= 15 is 0 Å². The van der Waals surface area contributed by atoms with Gasteiger partial charge in [-0.15, -0.1) is 0 Å². The molecule has 0 aliphatic carbocycles. The molecule has 1 fully saturated rings. The zero-order valence-electron chi connectivity index (χ0n) is 8.48. The third kappa shape index (κ3) is 2.42. The molecule has 1 atom stereocenters. The van der Waals surface area contributed by atoms with Gasteiger partial charge in [0, 0.05) is 25.5 Å². The van der Waals surface area contributed by atoms with E-state index in [2.05, 4.69) is 27.2 Å². The fraction of sp³-hybridized carbons (Fsp3) is 0.600. The van der Waals surface area contributed by atoms with Gasteiger partial charge >= 0.3 is 0 Å². The van der Waals surface area contributed by atoms with E-state index < -0.39 is 0 Å². The zero-order valence-corrected chi connectivity index (χ0v) is 8.48. The van der Waals surface area contributed by atoms with Crippen LogP contribution in [0.3, 0.4) is 0 Å². The summed E-state index contributed by atoms with van der Waals surface area (Å²) in [4.78, 5) is 10.5. The molecular formula is C10H16N4. The van der Waals surface area contributed by atoms with Gasteiger partial charge < -0.3 is 10.2 Å². The summed E-state index contributed by atoms with van der Waals surface area (Å²) in [5.74, 6) is 1.63. The molecule has 1 unspecified atom stereocenters. The van der Waals surface area contributed by atoms with E-state index in [1.165, 1.54) is 19.5 Å².